The van der Waals surface area contributed by atoms with Crippen LogP contribution in [0, 0.1) is 11.3 Å². The number of carbonyl (C=O) groups is 1. The highest BCUT2D eigenvalue weighted by Gasteiger charge is 2.37. The highest BCUT2D eigenvalue weighted by atomic mass is 32.2. The highest BCUT2D eigenvalue weighted by molar-refractivity contribution is 7.90. The predicted molar refractivity (Wildman–Crippen MR) is 83.9 cm³/mol. The molecule has 5 nitrogen and oxygen atoms in total. The summed E-state index contributed by atoms with van der Waals surface area (Å²) >= 11 is 0. The van der Waals surface area contributed by atoms with Gasteiger partial charge in [0, 0.05) is 25.8 Å². The monoisotopic (exact) mass is 320 g/mol. The number of hydrogen-bond acceptors (Lipinski definition) is 4. The number of likely N-dealkylation sites (tertiary alicyclic amines) is 1. The Labute approximate surface area is 131 Å². The van der Waals surface area contributed by atoms with Crippen LogP contribution < -0.4 is 0 Å². The van der Waals surface area contributed by atoms with Crippen LogP contribution in [0.3, 0.4) is 0 Å². The second-order valence-corrected chi connectivity index (χ2v) is 8.08. The predicted octanol–water partition coefficient (Wildman–Crippen LogP) is 1.51. The van der Waals surface area contributed by atoms with Gasteiger partial charge in [0.2, 0.25) is 5.91 Å². The molecule has 118 valence electrons. The first-order chi connectivity index (χ1) is 10.4. The van der Waals surface area contributed by atoms with Crippen molar-refractivity contribution >= 4 is 15.7 Å². The van der Waals surface area contributed by atoms with Crippen LogP contribution in [-0.2, 0) is 20.0 Å². The molecular formula is C16H20N2O3S. The van der Waals surface area contributed by atoms with Crippen molar-refractivity contribution in [2.45, 2.75) is 24.7 Å². The van der Waals surface area contributed by atoms with Gasteiger partial charge in [0.05, 0.1) is 17.2 Å². The first-order valence-corrected chi connectivity index (χ1v) is 9.35. The summed E-state index contributed by atoms with van der Waals surface area (Å²) in [7, 11) is -3.13. The van der Waals surface area contributed by atoms with Crippen LogP contribution in [0.2, 0.25) is 0 Å². The van der Waals surface area contributed by atoms with Crippen LogP contribution in [0.4, 0.5) is 0 Å². The number of carbonyl (C=O) groups excluding carboxylic acids is 1. The van der Waals surface area contributed by atoms with Crippen molar-refractivity contribution < 1.29 is 13.2 Å². The Morgan fingerprint density at radius 2 is 1.86 bits per heavy atom. The average Bonchev–Trinajstić information content (AvgIpc) is 2.53. The minimum absolute atomic E-state index is 0.0176. The molecule has 0 aliphatic carbocycles. The summed E-state index contributed by atoms with van der Waals surface area (Å²) in [4.78, 5) is 13.7. The molecular weight excluding hydrogens is 300 g/mol. The van der Waals surface area contributed by atoms with E-state index in [1.165, 1.54) is 0 Å². The number of sulfone groups is 1. The summed E-state index contributed by atoms with van der Waals surface area (Å²) in [6.45, 7) is 0.982. The van der Waals surface area contributed by atoms with Crippen LogP contribution in [0.1, 0.15) is 24.8 Å². The lowest BCUT2D eigenvalue weighted by Gasteiger charge is -2.37. The number of amides is 1. The van der Waals surface area contributed by atoms with E-state index in [4.69, 9.17) is 0 Å². The van der Waals surface area contributed by atoms with Gasteiger partial charge >= 0.3 is 0 Å². The topological polar surface area (TPSA) is 78.2 Å². The molecule has 6 heteroatoms. The zero-order valence-corrected chi connectivity index (χ0v) is 13.5. The number of benzene rings is 1. The molecule has 0 bridgehead atoms. The van der Waals surface area contributed by atoms with Crippen LogP contribution >= 0.6 is 0 Å². The van der Waals surface area contributed by atoms with E-state index >= 15 is 0 Å². The van der Waals surface area contributed by atoms with E-state index in [0.29, 0.717) is 25.9 Å². The molecule has 1 aliphatic heterocycles. The molecule has 0 spiro atoms. The van der Waals surface area contributed by atoms with E-state index in [1.54, 1.807) is 4.90 Å². The summed E-state index contributed by atoms with van der Waals surface area (Å²) in [5, 5.41) is 9.60. The number of piperidine rings is 1. The molecule has 1 aliphatic rings. The maximum Gasteiger partial charge on any atom is 0.223 e. The lowest BCUT2D eigenvalue weighted by molar-refractivity contribution is -0.132. The SMILES string of the molecule is CS(=O)(=O)CCC(=O)N1CCC(C#N)(c2ccccc2)CC1. The highest BCUT2D eigenvalue weighted by Crippen LogP contribution is 2.34. The fourth-order valence-corrected chi connectivity index (χ4v) is 3.34. The standard InChI is InChI=1S/C16H20N2O3S/c1-22(20,21)12-7-15(19)18-10-8-16(13-17,9-11-18)14-5-3-2-4-6-14/h2-6H,7-12H2,1H3. The molecule has 1 saturated heterocycles. The molecule has 2 rings (SSSR count). The van der Waals surface area contributed by atoms with Crippen molar-refractivity contribution in [3.63, 3.8) is 0 Å². The number of hydrogen-bond donors (Lipinski definition) is 0. The Hall–Kier alpha value is -1.87. The van der Waals surface area contributed by atoms with E-state index in [1.807, 2.05) is 30.3 Å². The van der Waals surface area contributed by atoms with Gasteiger partial charge in [-0.3, -0.25) is 4.79 Å². The van der Waals surface area contributed by atoms with Gasteiger partial charge in [0.25, 0.3) is 0 Å². The molecule has 1 heterocycles. The zero-order valence-electron chi connectivity index (χ0n) is 12.7. The van der Waals surface area contributed by atoms with Gasteiger partial charge in [-0.25, -0.2) is 8.42 Å². The lowest BCUT2D eigenvalue weighted by atomic mass is 9.74. The number of rotatable bonds is 4. The quantitative estimate of drug-likeness (QED) is 0.842. The molecule has 1 aromatic rings. The van der Waals surface area contributed by atoms with Crippen molar-refractivity contribution in [2.24, 2.45) is 0 Å². The van der Waals surface area contributed by atoms with Gasteiger partial charge in [-0.05, 0) is 18.4 Å². The lowest BCUT2D eigenvalue weighted by Crippen LogP contribution is -2.45. The zero-order chi connectivity index (χ0) is 16.2. The maximum atomic E-state index is 12.1. The fourth-order valence-electron chi connectivity index (χ4n) is 2.79. The van der Waals surface area contributed by atoms with Crippen LogP contribution in [0.15, 0.2) is 30.3 Å². The minimum Gasteiger partial charge on any atom is -0.343 e. The van der Waals surface area contributed by atoms with Gasteiger partial charge in [0.1, 0.15) is 9.84 Å². The van der Waals surface area contributed by atoms with Gasteiger partial charge in [-0.2, -0.15) is 5.26 Å². The van der Waals surface area contributed by atoms with Gasteiger partial charge < -0.3 is 4.90 Å². The van der Waals surface area contributed by atoms with Crippen molar-refractivity contribution in [1.29, 1.82) is 5.26 Å². The average molecular weight is 320 g/mol. The fraction of sp³-hybridized carbons (Fsp3) is 0.500. The smallest absolute Gasteiger partial charge is 0.223 e. The Morgan fingerprint density at radius 3 is 2.36 bits per heavy atom. The summed E-state index contributed by atoms with van der Waals surface area (Å²) in [6, 6.07) is 12.1. The largest absolute Gasteiger partial charge is 0.343 e. The molecule has 0 N–H and O–H groups in total. The Kier molecular flexibility index (Phi) is 4.87. The van der Waals surface area contributed by atoms with Crippen molar-refractivity contribution in [2.75, 3.05) is 25.1 Å². The summed E-state index contributed by atoms with van der Waals surface area (Å²) in [5.41, 5.74) is 0.440. The van der Waals surface area contributed by atoms with Gasteiger partial charge in [-0.15, -0.1) is 0 Å². The molecule has 22 heavy (non-hydrogen) atoms. The number of nitrogens with zero attached hydrogens (tertiary/aromatic N) is 2. The third kappa shape index (κ3) is 3.86. The van der Waals surface area contributed by atoms with E-state index < -0.39 is 15.3 Å². The molecule has 0 radical (unpaired) electrons. The molecule has 1 aromatic carbocycles. The summed E-state index contributed by atoms with van der Waals surface area (Å²) < 4.78 is 22.3. The van der Waals surface area contributed by atoms with Crippen molar-refractivity contribution in [3.05, 3.63) is 35.9 Å². The summed E-state index contributed by atoms with van der Waals surface area (Å²) in [5.74, 6) is -0.269. The first-order valence-electron chi connectivity index (χ1n) is 7.29. The molecule has 0 aromatic heterocycles. The van der Waals surface area contributed by atoms with E-state index in [-0.39, 0.29) is 18.1 Å². The normalized spacial score (nSPS) is 17.7. The molecule has 0 saturated carbocycles. The second-order valence-electron chi connectivity index (χ2n) is 5.82. The van der Waals surface area contributed by atoms with Crippen molar-refractivity contribution in [3.8, 4) is 6.07 Å². The third-order valence-electron chi connectivity index (χ3n) is 4.20. The molecule has 1 amide bonds. The third-order valence-corrected chi connectivity index (χ3v) is 5.14. The van der Waals surface area contributed by atoms with E-state index in [0.717, 1.165) is 11.8 Å². The van der Waals surface area contributed by atoms with Gasteiger partial charge in [-0.1, -0.05) is 30.3 Å². The first kappa shape index (κ1) is 16.5. The second kappa shape index (κ2) is 6.49. The molecule has 0 atom stereocenters. The van der Waals surface area contributed by atoms with Crippen LogP contribution in [0.25, 0.3) is 0 Å². The van der Waals surface area contributed by atoms with E-state index in [2.05, 4.69) is 6.07 Å². The molecule has 0 unspecified atom stereocenters. The minimum atomic E-state index is -3.13. The Bertz CT molecular complexity index is 669. The maximum absolute atomic E-state index is 12.1. The van der Waals surface area contributed by atoms with E-state index in [9.17, 15) is 18.5 Å². The number of nitriles is 1. The van der Waals surface area contributed by atoms with Crippen LogP contribution in [0.5, 0.6) is 0 Å². The Balaban J connectivity index is 2.00. The Morgan fingerprint density at radius 1 is 1.27 bits per heavy atom. The summed E-state index contributed by atoms with van der Waals surface area (Å²) in [6.07, 6.45) is 2.31. The van der Waals surface area contributed by atoms with Gasteiger partial charge in [0.15, 0.2) is 0 Å². The van der Waals surface area contributed by atoms with Crippen molar-refractivity contribution in [1.82, 2.24) is 4.90 Å². The van der Waals surface area contributed by atoms with Crippen LogP contribution in [-0.4, -0.2) is 44.3 Å². The molecule has 1 fully saturated rings.